The minimum Gasteiger partial charge on any atom is -0.400 e. The van der Waals surface area contributed by atoms with Gasteiger partial charge in [-0.3, -0.25) is 38.3 Å². The number of alkyl halides is 2. The number of unbranched alkanes of at least 4 members (excludes halogenated alkanes) is 2. The fourth-order valence-corrected chi connectivity index (χ4v) is 21.0. The number of halogens is 2. The summed E-state index contributed by atoms with van der Waals surface area (Å²) in [5, 5.41) is 31.1. The first-order valence-electron chi connectivity index (χ1n) is 32.0. The first kappa shape index (κ1) is 109. The van der Waals surface area contributed by atoms with Gasteiger partial charge in [-0.1, -0.05) is 111 Å². The van der Waals surface area contributed by atoms with E-state index in [0.717, 1.165) is 88.6 Å². The molecule has 2 saturated heterocycles. The van der Waals surface area contributed by atoms with Crippen LogP contribution >= 0.6 is 51.7 Å². The van der Waals surface area contributed by atoms with Crippen LogP contribution in [0.2, 0.25) is 0 Å². The molecule has 8 N–H and O–H groups in total. The molecule has 21 nitrogen and oxygen atoms in total. The molecule has 2 aromatic carbocycles. The summed E-state index contributed by atoms with van der Waals surface area (Å²) in [5.74, 6) is 2.13. The number of hydrogen-bond acceptors (Lipinski definition) is 21. The predicted molar refractivity (Wildman–Crippen MR) is 404 cm³/mol. The van der Waals surface area contributed by atoms with Gasteiger partial charge in [-0.15, -0.1) is 0 Å². The van der Waals surface area contributed by atoms with Crippen LogP contribution in [0.5, 0.6) is 0 Å². The molecular weight excluding hydrogens is 2870 g/mol. The van der Waals surface area contributed by atoms with Gasteiger partial charge in [0.2, 0.25) is 14.7 Å². The Bertz CT molecular complexity index is 3280. The maximum Gasteiger partial charge on any atom is 0.330 e. The maximum absolute atomic E-state index is 15.8. The smallest absolute Gasteiger partial charge is 0.330 e. The summed E-state index contributed by atoms with van der Waals surface area (Å²) in [6, 6.07) is 22.1. The second-order valence-corrected chi connectivity index (χ2v) is 36.7. The molecule has 9 atom stereocenters. The molecule has 2 aliphatic heterocycles. The normalized spacial score (nSPS) is 18.4. The number of aromatic nitrogens is 4. The van der Waals surface area contributed by atoms with Gasteiger partial charge in [0.25, 0.3) is 19.6 Å². The van der Waals surface area contributed by atoms with Crippen molar-refractivity contribution >= 4 is 121 Å². The molecule has 101 heavy (non-hydrogen) atoms. The van der Waals surface area contributed by atoms with Gasteiger partial charge in [-0.25, -0.2) is 23.0 Å². The third-order valence-electron chi connectivity index (χ3n) is 13.0. The number of nitrogens with one attached hydrogen (secondary N) is 4. The number of rotatable bonds is 31. The average molecular weight is 2980 g/mol. The van der Waals surface area contributed by atoms with E-state index in [4.69, 9.17) is 29.2 Å². The van der Waals surface area contributed by atoms with Crippen LogP contribution in [-0.4, -0.2) is 156 Å². The molecule has 4 heterocycles. The van der Waals surface area contributed by atoms with E-state index >= 15 is 4.39 Å². The van der Waals surface area contributed by atoms with E-state index < -0.39 is 80.2 Å². The van der Waals surface area contributed by atoms with Gasteiger partial charge in [-0.05, 0) is 119 Å². The molecule has 6 rings (SSSR count). The van der Waals surface area contributed by atoms with Crippen LogP contribution in [-0.2, 0) is 99.1 Å². The number of aliphatic hydroxyl groups is 4. The summed E-state index contributed by atoms with van der Waals surface area (Å²) in [7, 11) is 13.8. The van der Waals surface area contributed by atoms with Gasteiger partial charge in [0.05, 0.1) is 18.8 Å². The van der Waals surface area contributed by atoms with Gasteiger partial charge in [0.15, 0.2) is 24.8 Å². The third-order valence-corrected chi connectivity index (χ3v) is 28.6. The first-order chi connectivity index (χ1) is 46.6. The molecule has 2 aliphatic rings. The molecule has 0 radical (unpaired) electrons. The van der Waals surface area contributed by atoms with Gasteiger partial charge < -0.3 is 49.6 Å². The summed E-state index contributed by atoms with van der Waals surface area (Å²) in [6.07, 6.45) is -2.13. The van der Waals surface area contributed by atoms with E-state index in [-0.39, 0.29) is 248 Å². The minimum absolute atomic E-state index is 0. The molecule has 2 amide bonds. The molecule has 0 bridgehead atoms. The van der Waals surface area contributed by atoms with Crippen molar-refractivity contribution in [1.29, 1.82) is 2.86 Å². The molecule has 0 aliphatic carbocycles. The first-order valence-corrected chi connectivity index (χ1v) is 42.2. The summed E-state index contributed by atoms with van der Waals surface area (Å²) >= 11 is 9.03. The number of benzene rings is 2. The summed E-state index contributed by atoms with van der Waals surface area (Å²) in [6.45, 7) is 18.0. The Balaban J connectivity index is -0.000000275. The maximum atomic E-state index is 15.8. The molecule has 0 saturated carbocycles. The molecule has 40 heteroatoms. The van der Waals surface area contributed by atoms with Crippen LogP contribution in [0, 0.1) is 187 Å². The number of hydrogen-bond donors (Lipinski definition) is 8. The van der Waals surface area contributed by atoms with Crippen LogP contribution in [0.25, 0.3) is 0 Å². The largest absolute Gasteiger partial charge is 0.400 e. The number of H-pyrrole nitrogens is 2. The zero-order valence-electron chi connectivity index (χ0n) is 61.6. The zero-order valence-corrected chi connectivity index (χ0v) is 91.6. The number of carbonyl (C=O) groups is 2. The number of amides is 2. The topological polar surface area (TPSA) is 289 Å². The molecule has 0 spiro atoms. The monoisotopic (exact) mass is 2980 g/mol. The molecule has 2 fully saturated rings. The van der Waals surface area contributed by atoms with Gasteiger partial charge in [0, 0.05) is 352 Å². The fourth-order valence-electron chi connectivity index (χ4n) is 8.24. The molecule has 2 aromatic heterocycles. The SMILES string of the molecule is C.CC(C)(CCC(=O)NCc1ccccc1)SSCCCCO.S=S=S=S=S=S.[2H]C[C@H]1O[C@@H](n2ccc(=O)[nH]c2=O)[C@@H](F)C1O.[2H]C[C@H]1O[C@@H](n2ccc(=O)[nH]c2=O)[C@@H](F)C1OP(OCCCCSSC(C)(C)CCC(=O)NCc1ccccc1)N(C(C)C)C(C)C.[3H]OC.[3H]OC.[U].[U].[U].[U].[U].[U]. The summed E-state index contributed by atoms with van der Waals surface area (Å²) in [4.78, 5) is 74.5. The Morgan fingerprint density at radius 2 is 1.09 bits per heavy atom. The Kier molecular flexibility index (Phi) is 74.6. The molecule has 566 valence electrons. The second kappa shape index (κ2) is 69.2. The molecule has 4 aromatic rings. The van der Waals surface area contributed by atoms with Crippen LogP contribution in [0.15, 0.2) is 104 Å². The number of aliphatic hydroxyl groups excluding tert-OH is 4. The van der Waals surface area contributed by atoms with E-state index in [1.807, 2.05) is 115 Å². The van der Waals surface area contributed by atoms with Gasteiger partial charge >= 0.3 is 11.4 Å². The Morgan fingerprint density at radius 3 is 1.46 bits per heavy atom. The number of nitrogens with zero attached hydrogens (tertiary/aromatic N) is 3. The second-order valence-electron chi connectivity index (χ2n) is 22.0. The van der Waals surface area contributed by atoms with Crippen molar-refractivity contribution in [2.24, 2.45) is 0 Å². The van der Waals surface area contributed by atoms with E-state index in [1.165, 1.54) is 55.9 Å². The Labute approximate surface area is 782 Å². The Hall–Kier alpha value is 3.70. The van der Waals surface area contributed by atoms with Crippen molar-refractivity contribution in [1.82, 2.24) is 34.4 Å². The van der Waals surface area contributed by atoms with Gasteiger partial charge in [-0.2, -0.15) is 0 Å². The van der Waals surface area contributed by atoms with E-state index in [9.17, 15) is 38.3 Å². The predicted octanol–water partition coefficient (Wildman–Crippen LogP) is 9.58. The van der Waals surface area contributed by atoms with Crippen LogP contribution in [0.1, 0.15) is 154 Å². The van der Waals surface area contributed by atoms with Crippen molar-refractivity contribution in [3.8, 4) is 0 Å². The van der Waals surface area contributed by atoms with E-state index in [0.29, 0.717) is 32.5 Å². The van der Waals surface area contributed by atoms with Crippen molar-refractivity contribution < 1.29 is 247 Å². The van der Waals surface area contributed by atoms with E-state index in [1.54, 1.807) is 21.6 Å². The quantitative estimate of drug-likeness (QED) is 0.0132. The fraction of sp³-hybridized carbons (Fsp3) is 0.639. The van der Waals surface area contributed by atoms with E-state index in [2.05, 4.69) is 80.6 Å². The van der Waals surface area contributed by atoms with Crippen LogP contribution < -0.4 is 33.1 Å². The van der Waals surface area contributed by atoms with Crippen molar-refractivity contribution in [2.45, 2.75) is 212 Å². The number of aromatic amines is 2. The standard InChI is InChI=1S/C32H50FN4O6PS2.C17H27NO2S2.C9H11FN2O4.2CH4O.CH4.S6.6U/c1-22(2)37(23(3)4)44(43-29-24(5)42-30(28(29)33)36-18-16-27(39)35-31(36)40)41-19-11-12-20-45-46-32(6,7)17-15-26(38)34-21-25-13-9-8-10-14-25;1-17(2,22-21-13-7-6-12-19)11-10-16(20)18-14-15-8-4-3-5-9-15;1-4-7(14)6(10)8(16-4)12-3-2-5(13)11-9(12)15;2*1-2;;1-3-5-6-4-2;;;;;;/h8-10,13-14,16,18,22-24,28-30H,11-12,15,17,19-21H2,1-7H3,(H,34,38)(H,35,39,40);3-5,8-9,19H,6-7,10-14H2,1-2H3,(H,18,20);2-4,6-8,14H,1H3,(H,11,13,15);2*2H,1H3;1H4;;;;;;;/t24-,28+,29?,30-,44?;;4-,6+,7?,8-;;;;;;;;;;/m1.1........../s1/i5D;;1D;2*2T;;;;;;;;. The van der Waals surface area contributed by atoms with Crippen molar-refractivity contribution in [3.05, 3.63) is 138 Å². The third kappa shape index (κ3) is 50.5. The van der Waals surface area contributed by atoms with Crippen molar-refractivity contribution in [3.63, 3.8) is 0 Å². The summed E-state index contributed by atoms with van der Waals surface area (Å²) in [5.41, 5.74) is -0.586. The minimum atomic E-state index is -1.81. The molecular formula is C61H100F2N7O14PS10U6. The Morgan fingerprint density at radius 1 is 0.693 bits per heavy atom. The van der Waals surface area contributed by atoms with Gasteiger partial charge in [0.1, 0.15) is 12.2 Å². The van der Waals surface area contributed by atoms with Crippen molar-refractivity contribution in [2.75, 3.05) is 38.9 Å². The van der Waals surface area contributed by atoms with Crippen LogP contribution in [0.3, 0.4) is 0 Å². The number of carbonyl (C=O) groups excluding carboxylic acids is 2. The molecule has 3 unspecified atom stereocenters. The summed E-state index contributed by atoms with van der Waals surface area (Å²) < 4.78 is 83.3. The number of ether oxygens (including phenoxy) is 2. The zero-order chi connectivity index (χ0) is 73.6. The van der Waals surface area contributed by atoms with Crippen LogP contribution in [0.4, 0.5) is 8.78 Å². The average Bonchev–Trinajstić information content (AvgIpc) is 1.66.